The van der Waals surface area contributed by atoms with E-state index in [9.17, 15) is 5.11 Å². The zero-order valence-corrected chi connectivity index (χ0v) is 7.06. The van der Waals surface area contributed by atoms with Crippen molar-refractivity contribution >= 4 is 7.28 Å². The fourth-order valence-corrected chi connectivity index (χ4v) is 1.99. The lowest BCUT2D eigenvalue weighted by atomic mass is 9.72. The molecule has 0 radical (unpaired) electrons. The number of aliphatic hydroxyl groups excluding tert-OH is 2. The van der Waals surface area contributed by atoms with Crippen LogP contribution in [0.1, 0.15) is 0 Å². The van der Waals surface area contributed by atoms with Gasteiger partial charge in [0.15, 0.2) is 7.28 Å². The molecule has 4 atom stereocenters. The number of rotatable bonds is 2. The van der Waals surface area contributed by atoms with E-state index >= 15 is 0 Å². The summed E-state index contributed by atoms with van der Waals surface area (Å²) in [6.07, 6.45) is -0.894. The predicted octanol–water partition coefficient (Wildman–Crippen LogP) is -1.68. The molecule has 0 unspecified atom stereocenters. The van der Waals surface area contributed by atoms with Crippen LogP contribution < -0.4 is 0 Å². The van der Waals surface area contributed by atoms with E-state index in [1.54, 1.807) is 0 Å². The molecule has 2 aliphatic heterocycles. The molecule has 12 heavy (non-hydrogen) atoms. The molecule has 2 N–H and O–H groups in total. The second kappa shape index (κ2) is 2.70. The zero-order valence-electron chi connectivity index (χ0n) is 7.06. The van der Waals surface area contributed by atoms with Gasteiger partial charge in [-0.25, -0.2) is 0 Å². The molecule has 0 saturated carbocycles. The van der Waals surface area contributed by atoms with Crippen LogP contribution in [0.2, 0.25) is 6.82 Å². The molecule has 0 aromatic heterocycles. The van der Waals surface area contributed by atoms with Gasteiger partial charge in [0.05, 0.1) is 19.2 Å². The maximum absolute atomic E-state index is 9.67. The van der Waals surface area contributed by atoms with Crippen LogP contribution in [0.3, 0.4) is 0 Å². The lowest BCUT2D eigenvalue weighted by Crippen LogP contribution is -2.44. The minimum Gasteiger partial charge on any atom is -0.393 e. The van der Waals surface area contributed by atoms with Crippen LogP contribution in [0.25, 0.3) is 0 Å². The first-order valence-electron chi connectivity index (χ1n) is 4.32. The highest BCUT2D eigenvalue weighted by Crippen LogP contribution is 2.39. The molecule has 0 spiro atoms. The first kappa shape index (κ1) is 8.50. The molecule has 5 heteroatoms. The summed E-state index contributed by atoms with van der Waals surface area (Å²) in [5, 5.41) is 18.7. The van der Waals surface area contributed by atoms with Crippen molar-refractivity contribution in [1.82, 2.24) is 0 Å². The predicted molar refractivity (Wildman–Crippen MR) is 43.4 cm³/mol. The van der Waals surface area contributed by atoms with Crippen LogP contribution in [-0.2, 0) is 9.47 Å². The van der Waals surface area contributed by atoms with Gasteiger partial charge >= 0.3 is 0 Å². The topological polar surface area (TPSA) is 58.9 Å². The fourth-order valence-electron chi connectivity index (χ4n) is 1.99. The quantitative estimate of drug-likeness (QED) is 0.488. The molecule has 2 aliphatic rings. The maximum atomic E-state index is 9.67. The van der Waals surface area contributed by atoms with Crippen LogP contribution in [0.5, 0.6) is 0 Å². The molecule has 0 amide bonds. The Labute approximate surface area is 71.7 Å². The molecule has 2 saturated heterocycles. The van der Waals surface area contributed by atoms with Crippen LogP contribution in [0.15, 0.2) is 0 Å². The van der Waals surface area contributed by atoms with Crippen LogP contribution >= 0.6 is 0 Å². The highest BCUT2D eigenvalue weighted by atomic mass is 16.6. The Morgan fingerprint density at radius 2 is 2.42 bits per heavy atom. The lowest BCUT2D eigenvalue weighted by molar-refractivity contribution is -0.137. The van der Waals surface area contributed by atoms with Gasteiger partial charge in [0.2, 0.25) is 0 Å². The molecular formula is C7H13BO4. The molecule has 68 valence electrons. The van der Waals surface area contributed by atoms with E-state index < -0.39 is 11.7 Å². The van der Waals surface area contributed by atoms with Crippen LogP contribution in [0, 0.1) is 0 Å². The van der Waals surface area contributed by atoms with Gasteiger partial charge < -0.3 is 19.7 Å². The number of ether oxygens (including phenoxy) is 2. The Morgan fingerprint density at radius 1 is 1.67 bits per heavy atom. The molecule has 0 aromatic carbocycles. The third-order valence-corrected chi connectivity index (χ3v) is 2.79. The van der Waals surface area contributed by atoms with Gasteiger partial charge in [-0.05, 0) is 0 Å². The Morgan fingerprint density at radius 3 is 2.83 bits per heavy atom. The summed E-state index contributed by atoms with van der Waals surface area (Å²) in [7, 11) is 0.809. The summed E-state index contributed by atoms with van der Waals surface area (Å²) in [6.45, 7) is 2.12. The average Bonchev–Trinajstić information content (AvgIpc) is 2.58. The van der Waals surface area contributed by atoms with Crippen molar-refractivity contribution in [2.45, 2.75) is 30.6 Å². The molecule has 0 aromatic rings. The van der Waals surface area contributed by atoms with Crippen molar-refractivity contribution in [3.05, 3.63) is 0 Å². The van der Waals surface area contributed by atoms with Crippen molar-refractivity contribution in [2.24, 2.45) is 0 Å². The van der Waals surface area contributed by atoms with E-state index in [-0.39, 0.29) is 18.7 Å². The van der Waals surface area contributed by atoms with E-state index in [4.69, 9.17) is 14.6 Å². The Balaban J connectivity index is 2.18. The van der Waals surface area contributed by atoms with Gasteiger partial charge in [0.25, 0.3) is 0 Å². The molecular weight excluding hydrogens is 159 g/mol. The van der Waals surface area contributed by atoms with Crippen LogP contribution in [0.4, 0.5) is 0 Å². The summed E-state index contributed by atoms with van der Waals surface area (Å²) in [6, 6.07) is -0.0547. The number of aliphatic hydroxyl groups is 2. The molecule has 4 nitrogen and oxygen atoms in total. The SMILES string of the molecule is CB[C@@H]1O[C@@]2(CO)CO[C@@H]1[C@@H]2O. The van der Waals surface area contributed by atoms with E-state index in [1.165, 1.54) is 0 Å². The van der Waals surface area contributed by atoms with Crippen molar-refractivity contribution < 1.29 is 19.7 Å². The highest BCUT2D eigenvalue weighted by Gasteiger charge is 2.59. The second-order valence-corrected chi connectivity index (χ2v) is 3.51. The third kappa shape index (κ3) is 0.878. The Kier molecular flexibility index (Phi) is 1.91. The van der Waals surface area contributed by atoms with Crippen molar-refractivity contribution in [1.29, 1.82) is 0 Å². The second-order valence-electron chi connectivity index (χ2n) is 3.51. The Bertz CT molecular complexity index is 188. The molecule has 2 rings (SSSR count). The summed E-state index contributed by atoms with van der Waals surface area (Å²) in [5.74, 6) is 0. The van der Waals surface area contributed by atoms with E-state index in [2.05, 4.69) is 0 Å². The number of hydrogen-bond acceptors (Lipinski definition) is 4. The first-order chi connectivity index (χ1) is 5.73. The van der Waals surface area contributed by atoms with Gasteiger partial charge in [-0.1, -0.05) is 6.82 Å². The van der Waals surface area contributed by atoms with E-state index in [0.717, 1.165) is 7.28 Å². The standard InChI is InChI=1S/C7H13BO4/c1-8-6-4-5(10)7(2-9,12-6)3-11-4/h4-6,8-10H,2-3H2,1H3/t4-,5+,6-,7+/m1/s1. The summed E-state index contributed by atoms with van der Waals surface area (Å²) < 4.78 is 10.9. The minimum atomic E-state index is -0.828. The summed E-state index contributed by atoms with van der Waals surface area (Å²) in [5.41, 5.74) is -0.828. The van der Waals surface area contributed by atoms with Crippen molar-refractivity contribution in [3.8, 4) is 0 Å². The first-order valence-corrected chi connectivity index (χ1v) is 4.32. The molecule has 2 bridgehead atoms. The molecule has 2 fully saturated rings. The zero-order chi connectivity index (χ0) is 8.77. The largest absolute Gasteiger partial charge is 0.393 e. The smallest absolute Gasteiger partial charge is 0.158 e. The Hall–Kier alpha value is -0.0951. The maximum Gasteiger partial charge on any atom is 0.158 e. The summed E-state index contributed by atoms with van der Waals surface area (Å²) >= 11 is 0. The number of fused-ring (bicyclic) bond motifs is 2. The van der Waals surface area contributed by atoms with Crippen molar-refractivity contribution in [3.63, 3.8) is 0 Å². The van der Waals surface area contributed by atoms with Gasteiger partial charge in [-0.2, -0.15) is 0 Å². The molecule has 2 heterocycles. The third-order valence-electron chi connectivity index (χ3n) is 2.79. The average molecular weight is 172 g/mol. The van der Waals surface area contributed by atoms with Gasteiger partial charge in [-0.15, -0.1) is 0 Å². The summed E-state index contributed by atoms with van der Waals surface area (Å²) in [4.78, 5) is 0. The van der Waals surface area contributed by atoms with E-state index in [1.807, 2.05) is 6.82 Å². The monoisotopic (exact) mass is 172 g/mol. The minimum absolute atomic E-state index is 0.0547. The highest BCUT2D eigenvalue weighted by molar-refractivity contribution is 6.35. The lowest BCUT2D eigenvalue weighted by Gasteiger charge is -2.28. The number of hydrogen-bond donors (Lipinski definition) is 2. The van der Waals surface area contributed by atoms with Crippen LogP contribution in [-0.4, -0.2) is 54.5 Å². The fraction of sp³-hybridized carbons (Fsp3) is 1.00. The van der Waals surface area contributed by atoms with Gasteiger partial charge in [0.1, 0.15) is 17.8 Å². The van der Waals surface area contributed by atoms with Crippen molar-refractivity contribution in [2.75, 3.05) is 13.2 Å². The van der Waals surface area contributed by atoms with Gasteiger partial charge in [-0.3, -0.25) is 0 Å². The van der Waals surface area contributed by atoms with E-state index in [0.29, 0.717) is 6.61 Å². The normalized spacial score (nSPS) is 51.4. The van der Waals surface area contributed by atoms with Gasteiger partial charge in [0, 0.05) is 0 Å². The molecule has 0 aliphatic carbocycles.